The first-order valence-electron chi connectivity index (χ1n) is 9.41. The number of morpholine rings is 1. The van der Waals surface area contributed by atoms with Crippen molar-refractivity contribution >= 4 is 30.7 Å². The molecule has 0 spiro atoms. The van der Waals surface area contributed by atoms with Crippen LogP contribution < -0.4 is 5.32 Å². The van der Waals surface area contributed by atoms with Crippen molar-refractivity contribution in [3.05, 3.63) is 35.7 Å². The number of aryl methyl sites for hydroxylation is 1. The molecule has 2 aromatic rings. The van der Waals surface area contributed by atoms with Gasteiger partial charge >= 0.3 is 0 Å². The summed E-state index contributed by atoms with van der Waals surface area (Å²) in [6.45, 7) is 7.51. The summed E-state index contributed by atoms with van der Waals surface area (Å²) in [5.74, 6) is 1.35. The molecule has 8 nitrogen and oxygen atoms in total. The van der Waals surface area contributed by atoms with Crippen LogP contribution >= 0.6 is 24.8 Å². The number of piperazine rings is 1. The minimum atomic E-state index is -0.210. The molecule has 0 saturated carbocycles. The number of carbonyl (C=O) groups is 1. The van der Waals surface area contributed by atoms with Crippen LogP contribution in [0.4, 0.5) is 0 Å². The maximum Gasteiger partial charge on any atom is 0.242 e. The highest BCUT2D eigenvalue weighted by Gasteiger charge is 2.29. The number of carbonyl (C=O) groups excluding carboxylic acids is 1. The molecule has 4 rings (SSSR count). The topological polar surface area (TPSA) is 83.7 Å². The maximum atomic E-state index is 12.5. The van der Waals surface area contributed by atoms with E-state index in [9.17, 15) is 4.79 Å². The number of hydrogen-bond donors (Lipinski definition) is 1. The highest BCUT2D eigenvalue weighted by molar-refractivity contribution is 5.85. The van der Waals surface area contributed by atoms with Gasteiger partial charge in [0, 0.05) is 38.3 Å². The second-order valence-electron chi connectivity index (χ2n) is 7.06. The molecule has 2 aliphatic rings. The lowest BCUT2D eigenvalue weighted by Crippen LogP contribution is -2.57. The van der Waals surface area contributed by atoms with Gasteiger partial charge in [-0.05, 0) is 6.92 Å². The molecule has 3 heterocycles. The fraction of sp³-hybridized carbons (Fsp3) is 0.526. The smallest absolute Gasteiger partial charge is 0.242 e. The molecule has 1 amide bonds. The van der Waals surface area contributed by atoms with E-state index in [0.717, 1.165) is 25.2 Å². The van der Waals surface area contributed by atoms with Gasteiger partial charge in [-0.1, -0.05) is 35.0 Å². The number of nitrogens with zero attached hydrogens (tertiary/aromatic N) is 4. The van der Waals surface area contributed by atoms with Crippen LogP contribution in [0.5, 0.6) is 0 Å². The number of benzene rings is 1. The van der Waals surface area contributed by atoms with Gasteiger partial charge in [0.05, 0.1) is 19.8 Å². The lowest BCUT2D eigenvalue weighted by Gasteiger charge is -2.36. The van der Waals surface area contributed by atoms with E-state index in [1.54, 1.807) is 0 Å². The highest BCUT2D eigenvalue weighted by Crippen LogP contribution is 2.17. The van der Waals surface area contributed by atoms with Gasteiger partial charge in [-0.25, -0.2) is 0 Å². The Morgan fingerprint density at radius 3 is 2.55 bits per heavy atom. The van der Waals surface area contributed by atoms with Crippen LogP contribution in [0.1, 0.15) is 11.5 Å². The molecule has 2 fully saturated rings. The third-order valence-corrected chi connectivity index (χ3v) is 5.04. The molecular weight excluding hydrogens is 417 g/mol. The molecule has 10 heteroatoms. The normalized spacial score (nSPS) is 19.9. The van der Waals surface area contributed by atoms with E-state index in [1.807, 2.05) is 36.1 Å². The van der Waals surface area contributed by atoms with Gasteiger partial charge in [-0.2, -0.15) is 4.98 Å². The average Bonchev–Trinajstić information content (AvgIpc) is 3.18. The molecule has 1 unspecified atom stereocenters. The Labute approximate surface area is 182 Å². The van der Waals surface area contributed by atoms with Crippen molar-refractivity contribution in [1.29, 1.82) is 0 Å². The second kappa shape index (κ2) is 10.9. The number of amides is 1. The molecule has 29 heavy (non-hydrogen) atoms. The molecule has 1 N–H and O–H groups in total. The van der Waals surface area contributed by atoms with Crippen LogP contribution in [0.15, 0.2) is 28.8 Å². The van der Waals surface area contributed by atoms with Crippen LogP contribution in [-0.4, -0.2) is 77.8 Å². The first kappa shape index (κ1) is 23.6. The number of rotatable bonds is 4. The van der Waals surface area contributed by atoms with Crippen molar-refractivity contribution < 1.29 is 14.1 Å². The number of halogens is 2. The standard InChI is InChI=1S/C19H25N5O3.2ClH/c1-14-2-4-15(5-3-14)18-21-17(27-22-18)12-23-7-9-24(10-8-23)19(25)16-13-26-11-6-20-16;;/h2-5,16,20H,6-13H2,1H3;2*1H. The quantitative estimate of drug-likeness (QED) is 0.766. The predicted molar refractivity (Wildman–Crippen MR) is 113 cm³/mol. The van der Waals surface area contributed by atoms with Gasteiger partial charge in [-0.15, -0.1) is 24.8 Å². The van der Waals surface area contributed by atoms with Crippen molar-refractivity contribution in [3.8, 4) is 11.4 Å². The summed E-state index contributed by atoms with van der Waals surface area (Å²) in [5, 5.41) is 7.31. The molecule has 0 radical (unpaired) electrons. The van der Waals surface area contributed by atoms with E-state index < -0.39 is 0 Å². The molecule has 1 aromatic carbocycles. The van der Waals surface area contributed by atoms with E-state index in [4.69, 9.17) is 9.26 Å². The first-order valence-corrected chi connectivity index (χ1v) is 9.41. The van der Waals surface area contributed by atoms with E-state index in [0.29, 0.717) is 44.6 Å². The fourth-order valence-corrected chi connectivity index (χ4v) is 3.40. The van der Waals surface area contributed by atoms with Crippen LogP contribution in [0.3, 0.4) is 0 Å². The zero-order chi connectivity index (χ0) is 18.6. The van der Waals surface area contributed by atoms with Gasteiger partial charge in [0.25, 0.3) is 0 Å². The van der Waals surface area contributed by atoms with Crippen molar-refractivity contribution in [2.24, 2.45) is 0 Å². The molecule has 2 aliphatic heterocycles. The fourth-order valence-electron chi connectivity index (χ4n) is 3.40. The van der Waals surface area contributed by atoms with Crippen molar-refractivity contribution in [2.45, 2.75) is 19.5 Å². The molecule has 160 valence electrons. The van der Waals surface area contributed by atoms with Gasteiger partial charge < -0.3 is 19.5 Å². The third-order valence-electron chi connectivity index (χ3n) is 5.04. The summed E-state index contributed by atoms with van der Waals surface area (Å²) >= 11 is 0. The lowest BCUT2D eigenvalue weighted by molar-refractivity contribution is -0.138. The minimum Gasteiger partial charge on any atom is -0.378 e. The average molecular weight is 444 g/mol. The predicted octanol–water partition coefficient (Wildman–Crippen LogP) is 1.52. The first-order chi connectivity index (χ1) is 13.2. The van der Waals surface area contributed by atoms with Crippen molar-refractivity contribution in [1.82, 2.24) is 25.3 Å². The Balaban J connectivity index is 0.00000150. The van der Waals surface area contributed by atoms with E-state index in [-0.39, 0.29) is 36.8 Å². The van der Waals surface area contributed by atoms with E-state index >= 15 is 0 Å². The summed E-state index contributed by atoms with van der Waals surface area (Å²) in [7, 11) is 0. The summed E-state index contributed by atoms with van der Waals surface area (Å²) in [4.78, 5) is 21.2. The molecule has 2 saturated heterocycles. The molecule has 0 aliphatic carbocycles. The van der Waals surface area contributed by atoms with Crippen LogP contribution in [-0.2, 0) is 16.1 Å². The Hall–Kier alpha value is -1.71. The minimum absolute atomic E-state index is 0. The second-order valence-corrected chi connectivity index (χ2v) is 7.06. The van der Waals surface area contributed by atoms with Crippen LogP contribution in [0, 0.1) is 6.92 Å². The highest BCUT2D eigenvalue weighted by atomic mass is 35.5. The van der Waals surface area contributed by atoms with Gasteiger partial charge in [0.15, 0.2) is 0 Å². The Bertz CT molecular complexity index is 772. The largest absolute Gasteiger partial charge is 0.378 e. The van der Waals surface area contributed by atoms with Gasteiger partial charge in [0.1, 0.15) is 6.04 Å². The molecule has 1 atom stereocenters. The Morgan fingerprint density at radius 1 is 1.17 bits per heavy atom. The zero-order valence-electron chi connectivity index (χ0n) is 16.4. The molecule has 0 bridgehead atoms. The van der Waals surface area contributed by atoms with E-state index in [2.05, 4.69) is 20.4 Å². The third kappa shape index (κ3) is 5.90. The maximum absolute atomic E-state index is 12.5. The molecular formula is C19H27Cl2N5O3. The summed E-state index contributed by atoms with van der Waals surface area (Å²) in [6, 6.07) is 7.86. The number of nitrogens with one attached hydrogen (secondary N) is 1. The van der Waals surface area contributed by atoms with Crippen LogP contribution in [0.25, 0.3) is 11.4 Å². The number of ether oxygens (including phenoxy) is 1. The zero-order valence-corrected chi connectivity index (χ0v) is 18.0. The Morgan fingerprint density at radius 2 is 1.90 bits per heavy atom. The Kier molecular flexibility index (Phi) is 8.85. The van der Waals surface area contributed by atoms with E-state index in [1.165, 1.54) is 5.56 Å². The number of hydrogen-bond acceptors (Lipinski definition) is 7. The van der Waals surface area contributed by atoms with Crippen molar-refractivity contribution in [2.75, 3.05) is 45.9 Å². The summed E-state index contributed by atoms with van der Waals surface area (Å²) in [5.41, 5.74) is 2.15. The van der Waals surface area contributed by atoms with Crippen LogP contribution in [0.2, 0.25) is 0 Å². The van der Waals surface area contributed by atoms with Crippen molar-refractivity contribution in [3.63, 3.8) is 0 Å². The summed E-state index contributed by atoms with van der Waals surface area (Å²) < 4.78 is 10.8. The number of aromatic nitrogens is 2. The lowest BCUT2D eigenvalue weighted by atomic mass is 10.1. The summed E-state index contributed by atoms with van der Waals surface area (Å²) in [6.07, 6.45) is 0. The SMILES string of the molecule is Cc1ccc(-c2noc(CN3CCN(C(=O)C4COCCN4)CC3)n2)cc1.Cl.Cl. The van der Waals surface area contributed by atoms with Gasteiger partial charge in [-0.3, -0.25) is 9.69 Å². The van der Waals surface area contributed by atoms with Gasteiger partial charge in [0.2, 0.25) is 17.6 Å². The monoisotopic (exact) mass is 443 g/mol. The molecule has 1 aromatic heterocycles.